The summed E-state index contributed by atoms with van der Waals surface area (Å²) >= 11 is 0. The van der Waals surface area contributed by atoms with Crippen molar-refractivity contribution in [1.82, 2.24) is 15.5 Å². The summed E-state index contributed by atoms with van der Waals surface area (Å²) in [5, 5.41) is 6.78. The van der Waals surface area contributed by atoms with Crippen LogP contribution in [0.15, 0.2) is 4.99 Å². The van der Waals surface area contributed by atoms with Crippen molar-refractivity contribution in [2.45, 2.75) is 57.5 Å². The second kappa shape index (κ2) is 8.87. The van der Waals surface area contributed by atoms with Crippen LogP contribution in [0.2, 0.25) is 0 Å². The minimum absolute atomic E-state index is 0.203. The lowest BCUT2D eigenvalue weighted by atomic mass is 10.2. The molecule has 134 valence electrons. The van der Waals surface area contributed by atoms with Crippen molar-refractivity contribution in [3.8, 4) is 0 Å². The first-order chi connectivity index (χ1) is 11.0. The van der Waals surface area contributed by atoms with Crippen LogP contribution in [-0.4, -0.2) is 69.5 Å². The molecule has 2 aliphatic rings. The molecule has 7 heteroatoms. The molecule has 1 heterocycles. The first-order valence-electron chi connectivity index (χ1n) is 8.94. The Morgan fingerprint density at radius 1 is 1.26 bits per heavy atom. The fourth-order valence-electron chi connectivity index (χ4n) is 3.54. The average molecular weight is 345 g/mol. The van der Waals surface area contributed by atoms with E-state index >= 15 is 0 Å². The van der Waals surface area contributed by atoms with Crippen LogP contribution in [0.3, 0.4) is 0 Å². The van der Waals surface area contributed by atoms with Gasteiger partial charge >= 0.3 is 0 Å². The van der Waals surface area contributed by atoms with E-state index in [0.717, 1.165) is 31.5 Å². The van der Waals surface area contributed by atoms with E-state index in [9.17, 15) is 8.42 Å². The maximum absolute atomic E-state index is 11.2. The molecule has 0 bridgehead atoms. The monoisotopic (exact) mass is 344 g/mol. The maximum atomic E-state index is 11.2. The van der Waals surface area contributed by atoms with Crippen LogP contribution in [0.4, 0.5) is 0 Å². The molecule has 0 radical (unpaired) electrons. The minimum atomic E-state index is -2.89. The third-order valence-corrected chi connectivity index (χ3v) is 5.72. The fraction of sp³-hybridized carbons (Fsp3) is 0.938. The summed E-state index contributed by atoms with van der Waals surface area (Å²) in [5.74, 6) is 1.02. The Bertz CT molecular complexity index is 486. The third-order valence-electron chi connectivity index (χ3n) is 4.69. The molecule has 0 amide bonds. The molecule has 2 rings (SSSR count). The largest absolute Gasteiger partial charge is 0.357 e. The Balaban J connectivity index is 1.77. The Labute approximate surface area is 141 Å². The van der Waals surface area contributed by atoms with Crippen LogP contribution in [0.5, 0.6) is 0 Å². The molecule has 0 aromatic carbocycles. The number of aliphatic imine (C=N–C) groups is 1. The van der Waals surface area contributed by atoms with Crippen LogP contribution < -0.4 is 10.6 Å². The van der Waals surface area contributed by atoms with E-state index in [1.807, 2.05) is 6.92 Å². The van der Waals surface area contributed by atoms with Gasteiger partial charge in [-0.1, -0.05) is 12.8 Å². The van der Waals surface area contributed by atoms with Crippen LogP contribution in [0, 0.1) is 0 Å². The summed E-state index contributed by atoms with van der Waals surface area (Å²) in [6.07, 6.45) is 8.47. The fourth-order valence-corrected chi connectivity index (χ4v) is 4.19. The highest BCUT2D eigenvalue weighted by Gasteiger charge is 2.30. The zero-order valence-electron chi connectivity index (χ0n) is 14.6. The van der Waals surface area contributed by atoms with Gasteiger partial charge < -0.3 is 10.6 Å². The van der Waals surface area contributed by atoms with Gasteiger partial charge in [-0.2, -0.15) is 0 Å². The van der Waals surface area contributed by atoms with Gasteiger partial charge in [-0.15, -0.1) is 0 Å². The smallest absolute Gasteiger partial charge is 0.191 e. The van der Waals surface area contributed by atoms with Crippen molar-refractivity contribution in [2.75, 3.05) is 38.2 Å². The van der Waals surface area contributed by atoms with Crippen molar-refractivity contribution in [3.63, 3.8) is 0 Å². The van der Waals surface area contributed by atoms with E-state index in [1.54, 1.807) is 0 Å². The number of likely N-dealkylation sites (tertiary alicyclic amines) is 1. The first kappa shape index (κ1) is 18.5. The quantitative estimate of drug-likeness (QED) is 0.409. The Hall–Kier alpha value is -0.820. The van der Waals surface area contributed by atoms with Gasteiger partial charge in [0.1, 0.15) is 9.84 Å². The Morgan fingerprint density at radius 2 is 2.00 bits per heavy atom. The van der Waals surface area contributed by atoms with E-state index in [-0.39, 0.29) is 5.75 Å². The molecular weight excluding hydrogens is 312 g/mol. The van der Waals surface area contributed by atoms with E-state index < -0.39 is 9.84 Å². The molecule has 6 nitrogen and oxygen atoms in total. The zero-order valence-corrected chi connectivity index (χ0v) is 15.4. The highest BCUT2D eigenvalue weighted by molar-refractivity contribution is 7.90. The highest BCUT2D eigenvalue weighted by Crippen LogP contribution is 2.26. The predicted octanol–water partition coefficient (Wildman–Crippen LogP) is 0.993. The van der Waals surface area contributed by atoms with E-state index in [1.165, 1.54) is 38.5 Å². The summed E-state index contributed by atoms with van der Waals surface area (Å²) in [5.41, 5.74) is 0. The molecule has 1 atom stereocenters. The van der Waals surface area contributed by atoms with Crippen molar-refractivity contribution in [3.05, 3.63) is 0 Å². The molecule has 23 heavy (non-hydrogen) atoms. The van der Waals surface area contributed by atoms with Gasteiger partial charge in [0.25, 0.3) is 0 Å². The molecule has 2 fully saturated rings. The van der Waals surface area contributed by atoms with E-state index in [0.29, 0.717) is 19.0 Å². The maximum Gasteiger partial charge on any atom is 0.191 e. The van der Waals surface area contributed by atoms with E-state index in [2.05, 4.69) is 20.5 Å². The SMILES string of the molecule is CCNC(=NCCCS(C)(=O)=O)NC1CCN(C2CCCC2)C1. The van der Waals surface area contributed by atoms with Gasteiger partial charge in [0.2, 0.25) is 0 Å². The van der Waals surface area contributed by atoms with Gasteiger partial charge in [-0.3, -0.25) is 9.89 Å². The second-order valence-corrected chi connectivity index (χ2v) is 9.07. The van der Waals surface area contributed by atoms with Crippen molar-refractivity contribution in [1.29, 1.82) is 0 Å². The van der Waals surface area contributed by atoms with Gasteiger partial charge in [0, 0.05) is 44.5 Å². The molecule has 1 aliphatic heterocycles. The predicted molar refractivity (Wildman–Crippen MR) is 95.7 cm³/mol. The van der Waals surface area contributed by atoms with Gasteiger partial charge in [-0.05, 0) is 32.6 Å². The molecule has 1 unspecified atom stereocenters. The Morgan fingerprint density at radius 3 is 2.65 bits per heavy atom. The number of nitrogens with zero attached hydrogens (tertiary/aromatic N) is 2. The number of hydrogen-bond donors (Lipinski definition) is 2. The number of sulfone groups is 1. The Kier molecular flexibility index (Phi) is 7.14. The molecule has 0 aromatic rings. The van der Waals surface area contributed by atoms with Gasteiger partial charge in [-0.25, -0.2) is 8.42 Å². The number of hydrogen-bond acceptors (Lipinski definition) is 4. The van der Waals surface area contributed by atoms with Crippen molar-refractivity contribution < 1.29 is 8.42 Å². The average Bonchev–Trinajstić information content (AvgIpc) is 3.13. The first-order valence-corrected chi connectivity index (χ1v) is 11.0. The summed E-state index contributed by atoms with van der Waals surface area (Å²) in [4.78, 5) is 7.14. The molecule has 2 N–H and O–H groups in total. The molecular formula is C16H32N4O2S. The van der Waals surface area contributed by atoms with Gasteiger partial charge in [0.05, 0.1) is 5.75 Å². The summed E-state index contributed by atoms with van der Waals surface area (Å²) in [7, 11) is -2.89. The summed E-state index contributed by atoms with van der Waals surface area (Å²) < 4.78 is 22.3. The number of guanidine groups is 1. The van der Waals surface area contributed by atoms with Crippen LogP contribution in [-0.2, 0) is 9.84 Å². The topological polar surface area (TPSA) is 73.8 Å². The molecule has 1 saturated heterocycles. The summed E-state index contributed by atoms with van der Waals surface area (Å²) in [6, 6.07) is 1.24. The van der Waals surface area contributed by atoms with Crippen LogP contribution in [0.1, 0.15) is 45.4 Å². The van der Waals surface area contributed by atoms with Crippen molar-refractivity contribution >= 4 is 15.8 Å². The lowest BCUT2D eigenvalue weighted by Gasteiger charge is -2.24. The highest BCUT2D eigenvalue weighted by atomic mass is 32.2. The molecule has 1 aliphatic carbocycles. The molecule has 1 saturated carbocycles. The van der Waals surface area contributed by atoms with Crippen LogP contribution >= 0.6 is 0 Å². The second-order valence-electron chi connectivity index (χ2n) is 6.81. The standard InChI is InChI=1S/C16H32N4O2S/c1-3-17-16(18-10-6-12-23(2,21)22)19-14-9-11-20(13-14)15-7-4-5-8-15/h14-15H,3-13H2,1-2H3,(H2,17,18,19). The van der Waals surface area contributed by atoms with Crippen LogP contribution in [0.25, 0.3) is 0 Å². The molecule has 0 spiro atoms. The zero-order chi connectivity index (χ0) is 16.7. The van der Waals surface area contributed by atoms with Crippen molar-refractivity contribution in [2.24, 2.45) is 4.99 Å². The summed E-state index contributed by atoms with van der Waals surface area (Å²) in [6.45, 7) is 5.68. The number of nitrogens with one attached hydrogen (secondary N) is 2. The lowest BCUT2D eigenvalue weighted by molar-refractivity contribution is 0.242. The molecule has 0 aromatic heterocycles. The normalized spacial score (nSPS) is 24.3. The minimum Gasteiger partial charge on any atom is -0.357 e. The van der Waals surface area contributed by atoms with E-state index in [4.69, 9.17) is 0 Å². The van der Waals surface area contributed by atoms with Gasteiger partial charge in [0.15, 0.2) is 5.96 Å². The lowest BCUT2D eigenvalue weighted by Crippen LogP contribution is -2.45. The third kappa shape index (κ3) is 6.67. The number of rotatable bonds is 7.